The van der Waals surface area contributed by atoms with Crippen LogP contribution in [0.15, 0.2) is 24.7 Å². The van der Waals surface area contributed by atoms with Gasteiger partial charge in [0.15, 0.2) is 0 Å². The Kier molecular flexibility index (Phi) is 5.10. The molecule has 27 heavy (non-hydrogen) atoms. The molecule has 0 atom stereocenters. The third-order valence-corrected chi connectivity index (χ3v) is 4.80. The molecule has 9 heteroatoms. The Morgan fingerprint density at radius 3 is 2.48 bits per heavy atom. The molecule has 0 saturated carbocycles. The molecule has 2 aromatic heterocycles. The second-order valence-electron chi connectivity index (χ2n) is 6.64. The first-order valence-corrected chi connectivity index (χ1v) is 9.19. The molecule has 1 amide bonds. The number of ether oxygens (including phenoxy) is 1. The van der Waals surface area contributed by atoms with E-state index < -0.39 is 0 Å². The topological polar surface area (TPSA) is 87.6 Å². The van der Waals surface area contributed by atoms with Crippen molar-refractivity contribution in [3.8, 4) is 0 Å². The molecule has 0 radical (unpaired) electrons. The standard InChI is InChI=1S/C18H23N7O2/c1-14-12-16(23-8-10-27-11-9-23)22-18(21-14)25-6-4-24(5-7-25)17(26)15-13-19-2-3-20-15/h2-3,12-13H,4-11H2,1H3. The molecular formula is C18H23N7O2. The van der Waals surface area contributed by atoms with E-state index in [1.165, 1.54) is 12.4 Å². The zero-order valence-electron chi connectivity index (χ0n) is 15.4. The van der Waals surface area contributed by atoms with Crippen LogP contribution in [0.4, 0.5) is 11.8 Å². The molecule has 4 heterocycles. The van der Waals surface area contributed by atoms with Gasteiger partial charge in [-0.05, 0) is 6.92 Å². The molecule has 4 rings (SSSR count). The summed E-state index contributed by atoms with van der Waals surface area (Å²) in [6.07, 6.45) is 4.61. The molecule has 0 aliphatic carbocycles. The first-order chi connectivity index (χ1) is 13.2. The third-order valence-electron chi connectivity index (χ3n) is 4.80. The first kappa shape index (κ1) is 17.6. The third kappa shape index (κ3) is 3.97. The van der Waals surface area contributed by atoms with Gasteiger partial charge in [0.1, 0.15) is 11.5 Å². The van der Waals surface area contributed by atoms with E-state index in [1.807, 2.05) is 13.0 Å². The summed E-state index contributed by atoms with van der Waals surface area (Å²) in [5.41, 5.74) is 1.33. The summed E-state index contributed by atoms with van der Waals surface area (Å²) in [6, 6.07) is 2.02. The summed E-state index contributed by atoms with van der Waals surface area (Å²) < 4.78 is 5.43. The second-order valence-corrected chi connectivity index (χ2v) is 6.64. The lowest BCUT2D eigenvalue weighted by atomic mass is 10.3. The summed E-state index contributed by atoms with van der Waals surface area (Å²) in [5.74, 6) is 1.59. The van der Waals surface area contributed by atoms with Gasteiger partial charge in [-0.15, -0.1) is 0 Å². The maximum absolute atomic E-state index is 12.5. The Balaban J connectivity index is 1.43. The average molecular weight is 369 g/mol. The van der Waals surface area contributed by atoms with E-state index in [1.54, 1.807) is 11.1 Å². The van der Waals surface area contributed by atoms with Gasteiger partial charge in [0.05, 0.1) is 19.4 Å². The van der Waals surface area contributed by atoms with E-state index in [0.29, 0.717) is 31.9 Å². The SMILES string of the molecule is Cc1cc(N2CCOCC2)nc(N2CCN(C(=O)c3cnccn3)CC2)n1. The number of carbonyl (C=O) groups excluding carboxylic acids is 1. The molecule has 2 aliphatic heterocycles. The summed E-state index contributed by atoms with van der Waals surface area (Å²) >= 11 is 0. The quantitative estimate of drug-likeness (QED) is 0.767. The highest BCUT2D eigenvalue weighted by Crippen LogP contribution is 2.20. The molecule has 0 unspecified atom stereocenters. The summed E-state index contributed by atoms with van der Waals surface area (Å²) in [6.45, 7) is 7.73. The zero-order valence-corrected chi connectivity index (χ0v) is 15.4. The maximum Gasteiger partial charge on any atom is 0.274 e. The summed E-state index contributed by atoms with van der Waals surface area (Å²) in [7, 11) is 0. The van der Waals surface area contributed by atoms with Crippen LogP contribution in [0.25, 0.3) is 0 Å². The smallest absolute Gasteiger partial charge is 0.274 e. The van der Waals surface area contributed by atoms with Gasteiger partial charge in [-0.25, -0.2) is 9.97 Å². The van der Waals surface area contributed by atoms with Gasteiger partial charge in [-0.1, -0.05) is 0 Å². The van der Waals surface area contributed by atoms with Gasteiger partial charge in [-0.3, -0.25) is 9.78 Å². The molecule has 2 saturated heterocycles. The number of hydrogen-bond donors (Lipinski definition) is 0. The monoisotopic (exact) mass is 369 g/mol. The number of aryl methyl sites for hydroxylation is 1. The van der Waals surface area contributed by atoms with Crippen molar-refractivity contribution in [3.63, 3.8) is 0 Å². The van der Waals surface area contributed by atoms with Crippen LogP contribution < -0.4 is 9.80 Å². The van der Waals surface area contributed by atoms with E-state index >= 15 is 0 Å². The Hall–Kier alpha value is -2.81. The van der Waals surface area contributed by atoms with Gasteiger partial charge < -0.3 is 19.4 Å². The van der Waals surface area contributed by atoms with Crippen molar-refractivity contribution in [3.05, 3.63) is 36.0 Å². The highest BCUT2D eigenvalue weighted by Gasteiger charge is 2.25. The molecular weight excluding hydrogens is 346 g/mol. The van der Waals surface area contributed by atoms with E-state index in [2.05, 4.69) is 24.8 Å². The van der Waals surface area contributed by atoms with E-state index in [-0.39, 0.29) is 5.91 Å². The Morgan fingerprint density at radius 2 is 1.78 bits per heavy atom. The van der Waals surface area contributed by atoms with Crippen LogP contribution >= 0.6 is 0 Å². The van der Waals surface area contributed by atoms with Crippen LogP contribution in [-0.4, -0.2) is 83.2 Å². The van der Waals surface area contributed by atoms with Crippen LogP contribution in [-0.2, 0) is 4.74 Å². The van der Waals surface area contributed by atoms with Crippen LogP contribution in [0.3, 0.4) is 0 Å². The van der Waals surface area contributed by atoms with Crippen LogP contribution in [0.1, 0.15) is 16.2 Å². The second kappa shape index (κ2) is 7.83. The van der Waals surface area contributed by atoms with Crippen molar-refractivity contribution in [2.24, 2.45) is 0 Å². The molecule has 0 aromatic carbocycles. The minimum atomic E-state index is -0.0816. The normalized spacial score (nSPS) is 17.9. The summed E-state index contributed by atoms with van der Waals surface area (Å²) in [4.78, 5) is 36.1. The maximum atomic E-state index is 12.5. The molecule has 2 aliphatic rings. The van der Waals surface area contributed by atoms with Crippen LogP contribution in [0.2, 0.25) is 0 Å². The van der Waals surface area contributed by atoms with Crippen molar-refractivity contribution in [2.75, 3.05) is 62.3 Å². The fraction of sp³-hybridized carbons (Fsp3) is 0.500. The predicted octanol–water partition coefficient (Wildman–Crippen LogP) is 0.374. The van der Waals surface area contributed by atoms with E-state index in [0.717, 1.165) is 43.8 Å². The molecule has 0 spiro atoms. The molecule has 2 fully saturated rings. The lowest BCUT2D eigenvalue weighted by Crippen LogP contribution is -2.49. The van der Waals surface area contributed by atoms with Crippen molar-refractivity contribution in [1.29, 1.82) is 0 Å². The Morgan fingerprint density at radius 1 is 1.00 bits per heavy atom. The van der Waals surface area contributed by atoms with Crippen LogP contribution in [0.5, 0.6) is 0 Å². The number of carbonyl (C=O) groups is 1. The molecule has 142 valence electrons. The highest BCUT2D eigenvalue weighted by molar-refractivity contribution is 5.92. The Labute approximate surface area is 158 Å². The number of morpholine rings is 1. The van der Waals surface area contributed by atoms with Crippen molar-refractivity contribution in [1.82, 2.24) is 24.8 Å². The fourth-order valence-electron chi connectivity index (χ4n) is 3.31. The largest absolute Gasteiger partial charge is 0.378 e. The lowest BCUT2D eigenvalue weighted by Gasteiger charge is -2.35. The number of rotatable bonds is 3. The molecule has 0 N–H and O–H groups in total. The highest BCUT2D eigenvalue weighted by atomic mass is 16.5. The minimum Gasteiger partial charge on any atom is -0.378 e. The average Bonchev–Trinajstić information content (AvgIpc) is 2.74. The van der Waals surface area contributed by atoms with Gasteiger partial charge in [0.2, 0.25) is 5.95 Å². The number of hydrogen-bond acceptors (Lipinski definition) is 8. The van der Waals surface area contributed by atoms with E-state index in [4.69, 9.17) is 9.72 Å². The number of aromatic nitrogens is 4. The van der Waals surface area contributed by atoms with Crippen molar-refractivity contribution < 1.29 is 9.53 Å². The molecule has 0 bridgehead atoms. The number of piperazine rings is 1. The van der Waals surface area contributed by atoms with Crippen molar-refractivity contribution >= 4 is 17.7 Å². The molecule has 9 nitrogen and oxygen atoms in total. The number of nitrogens with zero attached hydrogens (tertiary/aromatic N) is 7. The summed E-state index contributed by atoms with van der Waals surface area (Å²) in [5, 5.41) is 0. The lowest BCUT2D eigenvalue weighted by molar-refractivity contribution is 0.0740. The fourth-order valence-corrected chi connectivity index (χ4v) is 3.31. The zero-order chi connectivity index (χ0) is 18.6. The number of anilines is 2. The van der Waals surface area contributed by atoms with E-state index in [9.17, 15) is 4.79 Å². The Bertz CT molecular complexity index is 788. The predicted molar refractivity (Wildman–Crippen MR) is 99.9 cm³/mol. The molecule has 2 aromatic rings. The van der Waals surface area contributed by atoms with Gasteiger partial charge >= 0.3 is 0 Å². The van der Waals surface area contributed by atoms with Crippen LogP contribution in [0, 0.1) is 6.92 Å². The van der Waals surface area contributed by atoms with Crippen molar-refractivity contribution in [2.45, 2.75) is 6.92 Å². The minimum absolute atomic E-state index is 0.0816. The van der Waals surface area contributed by atoms with Gasteiger partial charge in [0, 0.05) is 63.4 Å². The first-order valence-electron chi connectivity index (χ1n) is 9.19. The van der Waals surface area contributed by atoms with Gasteiger partial charge in [0.25, 0.3) is 5.91 Å². The number of amides is 1. The van der Waals surface area contributed by atoms with Gasteiger partial charge in [-0.2, -0.15) is 4.98 Å².